The molecule has 20 heavy (non-hydrogen) atoms. The van der Waals surface area contributed by atoms with Crippen LogP contribution in [0.15, 0.2) is 0 Å². The molecule has 5 heteroatoms. The molecule has 118 valence electrons. The van der Waals surface area contributed by atoms with Crippen molar-refractivity contribution in [3.8, 4) is 0 Å². The van der Waals surface area contributed by atoms with Gasteiger partial charge in [0.25, 0.3) is 0 Å². The van der Waals surface area contributed by atoms with Gasteiger partial charge in [-0.05, 0) is 31.1 Å². The number of nitrogens with zero attached hydrogens (tertiary/aromatic N) is 1. The highest BCUT2D eigenvalue weighted by atomic mass is 19.4. The number of hydrogen-bond donors (Lipinski definition) is 1. The van der Waals surface area contributed by atoms with E-state index in [1.165, 1.54) is 25.7 Å². The number of alkyl halides is 3. The smallest absolute Gasteiger partial charge is 0.305 e. The zero-order valence-corrected chi connectivity index (χ0v) is 12.4. The molecular weight excluding hydrogens is 265 g/mol. The monoisotopic (exact) mass is 292 g/mol. The second kappa shape index (κ2) is 7.12. The molecule has 2 nitrogen and oxygen atoms in total. The number of likely N-dealkylation sites (tertiary alicyclic amines) is 1. The molecule has 0 radical (unpaired) electrons. The molecule has 1 saturated heterocycles. The Hall–Kier alpha value is -0.290. The van der Waals surface area contributed by atoms with Gasteiger partial charge >= 0.3 is 6.18 Å². The molecule has 0 spiro atoms. The Morgan fingerprint density at radius 3 is 2.40 bits per heavy atom. The fraction of sp³-hybridized carbons (Fsp3) is 1.00. The molecule has 0 aromatic heterocycles. The molecule has 0 amide bonds. The maximum Gasteiger partial charge on any atom is 0.401 e. The highest BCUT2D eigenvalue weighted by Gasteiger charge is 2.32. The van der Waals surface area contributed by atoms with Crippen molar-refractivity contribution in [2.75, 3.05) is 26.2 Å². The summed E-state index contributed by atoms with van der Waals surface area (Å²) in [5.74, 6) is 1.31. The van der Waals surface area contributed by atoms with Crippen molar-refractivity contribution in [1.82, 2.24) is 10.2 Å². The molecule has 0 aromatic carbocycles. The van der Waals surface area contributed by atoms with E-state index in [-0.39, 0.29) is 6.04 Å². The summed E-state index contributed by atoms with van der Waals surface area (Å²) in [4.78, 5) is 2.40. The molecule has 2 unspecified atom stereocenters. The summed E-state index contributed by atoms with van der Waals surface area (Å²) >= 11 is 0. The Balaban J connectivity index is 1.82. The third kappa shape index (κ3) is 5.24. The van der Waals surface area contributed by atoms with Gasteiger partial charge in [0.1, 0.15) is 0 Å². The average molecular weight is 292 g/mol. The first-order valence-electron chi connectivity index (χ1n) is 7.98. The fourth-order valence-electron chi connectivity index (χ4n) is 3.71. The van der Waals surface area contributed by atoms with Crippen molar-refractivity contribution in [3.05, 3.63) is 0 Å². The first-order chi connectivity index (χ1) is 9.46. The summed E-state index contributed by atoms with van der Waals surface area (Å²) in [6, 6.07) is -0.00303. The van der Waals surface area contributed by atoms with E-state index in [0.29, 0.717) is 5.92 Å². The molecule has 2 fully saturated rings. The molecule has 0 bridgehead atoms. The minimum absolute atomic E-state index is 0.00303. The second-order valence-electron chi connectivity index (χ2n) is 6.57. The summed E-state index contributed by atoms with van der Waals surface area (Å²) in [7, 11) is 0. The summed E-state index contributed by atoms with van der Waals surface area (Å²) in [5, 5.41) is 2.71. The van der Waals surface area contributed by atoms with Crippen molar-refractivity contribution in [2.24, 2.45) is 11.8 Å². The molecule has 1 saturated carbocycles. The van der Waals surface area contributed by atoms with Crippen LogP contribution < -0.4 is 5.32 Å². The van der Waals surface area contributed by atoms with Gasteiger partial charge in [-0.1, -0.05) is 26.2 Å². The normalized spacial score (nSPS) is 30.0. The number of nitrogens with one attached hydrogen (secondary N) is 1. The second-order valence-corrected chi connectivity index (χ2v) is 6.57. The van der Waals surface area contributed by atoms with Crippen molar-refractivity contribution in [1.29, 1.82) is 0 Å². The van der Waals surface area contributed by atoms with E-state index in [9.17, 15) is 13.2 Å². The molecule has 1 aliphatic heterocycles. The molecule has 1 aliphatic carbocycles. The van der Waals surface area contributed by atoms with Gasteiger partial charge in [-0.15, -0.1) is 0 Å². The molecule has 1 N–H and O–H groups in total. The predicted octanol–water partition coefficient (Wildman–Crippen LogP) is 3.43. The lowest BCUT2D eigenvalue weighted by Crippen LogP contribution is -2.51. The van der Waals surface area contributed by atoms with Gasteiger partial charge in [-0.3, -0.25) is 0 Å². The van der Waals surface area contributed by atoms with E-state index in [1.54, 1.807) is 0 Å². The van der Waals surface area contributed by atoms with E-state index in [2.05, 4.69) is 17.1 Å². The summed E-state index contributed by atoms with van der Waals surface area (Å²) in [5.41, 5.74) is 0. The van der Waals surface area contributed by atoms with E-state index in [1.807, 2.05) is 0 Å². The van der Waals surface area contributed by atoms with Crippen LogP contribution in [0.25, 0.3) is 0 Å². The SMILES string of the molecule is CCC1CC(NCC(F)(F)F)CN(CC2CCCC2)C1. The van der Waals surface area contributed by atoms with Crippen LogP contribution in [0.1, 0.15) is 45.4 Å². The lowest BCUT2D eigenvalue weighted by Gasteiger charge is -2.39. The molecule has 2 aliphatic rings. The zero-order chi connectivity index (χ0) is 14.6. The largest absolute Gasteiger partial charge is 0.401 e. The van der Waals surface area contributed by atoms with Crippen LogP contribution in [-0.4, -0.2) is 43.3 Å². The number of piperidine rings is 1. The third-order valence-electron chi connectivity index (χ3n) is 4.77. The van der Waals surface area contributed by atoms with E-state index >= 15 is 0 Å². The maximum atomic E-state index is 12.3. The maximum absolute atomic E-state index is 12.3. The van der Waals surface area contributed by atoms with Gasteiger partial charge in [-0.25, -0.2) is 0 Å². The predicted molar refractivity (Wildman–Crippen MR) is 74.6 cm³/mol. The summed E-state index contributed by atoms with van der Waals surface area (Å²) in [6.45, 7) is 4.22. The quantitative estimate of drug-likeness (QED) is 0.835. The summed E-state index contributed by atoms with van der Waals surface area (Å²) in [6.07, 6.45) is 3.09. The highest BCUT2D eigenvalue weighted by molar-refractivity contribution is 4.85. The first kappa shape index (κ1) is 16.1. The van der Waals surface area contributed by atoms with Crippen molar-refractivity contribution >= 4 is 0 Å². The topological polar surface area (TPSA) is 15.3 Å². The van der Waals surface area contributed by atoms with Crippen molar-refractivity contribution in [2.45, 2.75) is 57.7 Å². The zero-order valence-electron chi connectivity index (χ0n) is 12.4. The van der Waals surface area contributed by atoms with Crippen LogP contribution in [0.2, 0.25) is 0 Å². The lowest BCUT2D eigenvalue weighted by molar-refractivity contribution is -0.127. The Morgan fingerprint density at radius 2 is 1.80 bits per heavy atom. The third-order valence-corrected chi connectivity index (χ3v) is 4.77. The van der Waals surface area contributed by atoms with Crippen LogP contribution in [0.5, 0.6) is 0 Å². The molecule has 2 atom stereocenters. The van der Waals surface area contributed by atoms with Crippen molar-refractivity contribution in [3.63, 3.8) is 0 Å². The molecule has 2 rings (SSSR count). The van der Waals surface area contributed by atoms with Gasteiger partial charge in [0.05, 0.1) is 6.54 Å². The van der Waals surface area contributed by atoms with Crippen LogP contribution in [-0.2, 0) is 0 Å². The minimum atomic E-state index is -4.10. The van der Waals surface area contributed by atoms with Crippen molar-refractivity contribution < 1.29 is 13.2 Å². The van der Waals surface area contributed by atoms with Gasteiger partial charge in [0.15, 0.2) is 0 Å². The highest BCUT2D eigenvalue weighted by Crippen LogP contribution is 2.28. The number of hydrogen-bond acceptors (Lipinski definition) is 2. The van der Waals surface area contributed by atoms with Gasteiger partial charge in [0, 0.05) is 25.7 Å². The molecule has 1 heterocycles. The average Bonchev–Trinajstić information content (AvgIpc) is 2.88. The van der Waals surface area contributed by atoms with E-state index in [0.717, 1.165) is 38.4 Å². The Kier molecular flexibility index (Phi) is 5.73. The van der Waals surface area contributed by atoms with Crippen LogP contribution in [0, 0.1) is 11.8 Å². The van der Waals surface area contributed by atoms with Gasteiger partial charge < -0.3 is 10.2 Å². The number of rotatable bonds is 5. The standard InChI is InChI=1S/C15H27F3N2/c1-2-12-7-14(19-11-15(16,17)18)10-20(8-12)9-13-5-3-4-6-13/h12-14,19H,2-11H2,1H3. The van der Waals surface area contributed by atoms with Crippen LogP contribution >= 0.6 is 0 Å². The Bertz CT molecular complexity index is 287. The van der Waals surface area contributed by atoms with Gasteiger partial charge in [-0.2, -0.15) is 13.2 Å². The first-order valence-corrected chi connectivity index (χ1v) is 7.98. The van der Waals surface area contributed by atoms with Gasteiger partial charge in [0.2, 0.25) is 0 Å². The fourth-order valence-corrected chi connectivity index (χ4v) is 3.71. The van der Waals surface area contributed by atoms with E-state index in [4.69, 9.17) is 0 Å². The Labute approximate surface area is 120 Å². The van der Waals surface area contributed by atoms with E-state index < -0.39 is 12.7 Å². The van der Waals surface area contributed by atoms with Crippen LogP contribution in [0.3, 0.4) is 0 Å². The molecule has 0 aromatic rings. The Morgan fingerprint density at radius 1 is 1.10 bits per heavy atom. The minimum Gasteiger partial charge on any atom is -0.305 e. The number of halogens is 3. The molecular formula is C15H27F3N2. The lowest BCUT2D eigenvalue weighted by atomic mass is 9.91. The summed E-state index contributed by atoms with van der Waals surface area (Å²) < 4.78 is 37.0. The van der Waals surface area contributed by atoms with Crippen LogP contribution in [0.4, 0.5) is 13.2 Å².